The zero-order chi connectivity index (χ0) is 15.7. The van der Waals surface area contributed by atoms with Crippen LogP contribution in [0.25, 0.3) is 0 Å². The molecule has 0 spiro atoms. The minimum atomic E-state index is -1.06. The lowest BCUT2D eigenvalue weighted by Crippen LogP contribution is -2.41. The molecule has 8 heteroatoms. The fraction of sp³-hybridized carbons (Fsp3) is 0.667. The molecule has 2 atom stereocenters. The minimum absolute atomic E-state index is 0.311. The van der Waals surface area contributed by atoms with Crippen LogP contribution in [0.3, 0.4) is 0 Å². The van der Waals surface area contributed by atoms with Gasteiger partial charge in [0.05, 0.1) is 0 Å². The first kappa shape index (κ1) is 17.9. The van der Waals surface area contributed by atoms with Crippen LogP contribution >= 0.6 is 0 Å². The summed E-state index contributed by atoms with van der Waals surface area (Å²) in [6, 6.07) is 0. The van der Waals surface area contributed by atoms with Crippen LogP contribution in [0, 0.1) is 0 Å². The summed E-state index contributed by atoms with van der Waals surface area (Å²) >= 11 is 0. The topological polar surface area (TPSA) is 105 Å². The summed E-state index contributed by atoms with van der Waals surface area (Å²) in [7, 11) is 0. The van der Waals surface area contributed by atoms with Gasteiger partial charge >= 0.3 is 23.9 Å². The van der Waals surface area contributed by atoms with Crippen molar-refractivity contribution in [2.45, 2.75) is 39.9 Å². The molecule has 20 heavy (non-hydrogen) atoms. The van der Waals surface area contributed by atoms with Crippen molar-refractivity contribution in [2.75, 3.05) is 13.2 Å². The quantitative estimate of drug-likeness (QED) is 0.475. The predicted molar refractivity (Wildman–Crippen MR) is 64.4 cm³/mol. The second-order valence-electron chi connectivity index (χ2n) is 3.90. The van der Waals surface area contributed by atoms with E-state index in [0.717, 1.165) is 13.8 Å². The molecule has 0 aliphatic carbocycles. The molecule has 0 amide bonds. The minimum Gasteiger partial charge on any atom is -0.462 e. The fourth-order valence-electron chi connectivity index (χ4n) is 1.26. The van der Waals surface area contributed by atoms with E-state index in [1.807, 2.05) is 0 Å². The Morgan fingerprint density at radius 3 is 1.15 bits per heavy atom. The van der Waals surface area contributed by atoms with Crippen molar-refractivity contribution in [3.63, 3.8) is 0 Å². The molecule has 0 aromatic heterocycles. The number of hydrogen-bond donors (Lipinski definition) is 0. The van der Waals surface area contributed by atoms with E-state index >= 15 is 0 Å². The van der Waals surface area contributed by atoms with E-state index < -0.39 is 36.1 Å². The molecule has 0 fully saturated rings. The Morgan fingerprint density at radius 2 is 0.950 bits per heavy atom. The standard InChI is InChI=1S/C12H18O8/c1-7(13)17-5-11(19-9(3)15)12(20-10(4)16)6-18-8(2)14/h11-12H,5-6H2,1-4H3/t11-,12-/m1/s1. The Hall–Kier alpha value is -2.12. The van der Waals surface area contributed by atoms with Gasteiger partial charge in [-0.2, -0.15) is 0 Å². The van der Waals surface area contributed by atoms with Crippen molar-refractivity contribution in [3.8, 4) is 0 Å². The largest absolute Gasteiger partial charge is 0.462 e. The highest BCUT2D eigenvalue weighted by atomic mass is 16.6. The smallest absolute Gasteiger partial charge is 0.303 e. The molecule has 0 N–H and O–H groups in total. The molecular formula is C12H18O8. The maximum atomic E-state index is 11.0. The van der Waals surface area contributed by atoms with Crippen LogP contribution in [0.2, 0.25) is 0 Å². The van der Waals surface area contributed by atoms with E-state index in [4.69, 9.17) is 18.9 Å². The van der Waals surface area contributed by atoms with Crippen molar-refractivity contribution in [1.82, 2.24) is 0 Å². The monoisotopic (exact) mass is 290 g/mol. The molecule has 0 aliphatic heterocycles. The summed E-state index contributed by atoms with van der Waals surface area (Å²) in [6.45, 7) is 4.03. The van der Waals surface area contributed by atoms with Crippen LogP contribution in [-0.2, 0) is 38.1 Å². The lowest BCUT2D eigenvalue weighted by Gasteiger charge is -2.25. The summed E-state index contributed by atoms with van der Waals surface area (Å²) < 4.78 is 19.3. The summed E-state index contributed by atoms with van der Waals surface area (Å²) in [5.41, 5.74) is 0. The highest BCUT2D eigenvalue weighted by Gasteiger charge is 2.29. The number of ether oxygens (including phenoxy) is 4. The number of hydrogen-bond acceptors (Lipinski definition) is 8. The van der Waals surface area contributed by atoms with Crippen LogP contribution in [0.4, 0.5) is 0 Å². The first-order chi connectivity index (χ1) is 9.22. The predicted octanol–water partition coefficient (Wildman–Crippen LogP) is -0.0240. The van der Waals surface area contributed by atoms with Crippen molar-refractivity contribution in [1.29, 1.82) is 0 Å². The van der Waals surface area contributed by atoms with E-state index in [-0.39, 0.29) is 13.2 Å². The van der Waals surface area contributed by atoms with Crippen LogP contribution in [-0.4, -0.2) is 49.3 Å². The van der Waals surface area contributed by atoms with Crippen LogP contribution in [0.5, 0.6) is 0 Å². The molecule has 0 aromatic carbocycles. The molecule has 8 nitrogen and oxygen atoms in total. The molecule has 0 aliphatic rings. The zero-order valence-corrected chi connectivity index (χ0v) is 11.8. The SMILES string of the molecule is CC(=O)OC[C@@H](OC(C)=O)[C@@H](COC(C)=O)OC(C)=O. The van der Waals surface area contributed by atoms with E-state index in [2.05, 4.69) is 0 Å². The van der Waals surface area contributed by atoms with E-state index in [1.165, 1.54) is 13.8 Å². The molecule has 0 aromatic rings. The summed E-state index contributed by atoms with van der Waals surface area (Å²) in [5.74, 6) is -2.48. The van der Waals surface area contributed by atoms with Gasteiger partial charge in [0.1, 0.15) is 13.2 Å². The van der Waals surface area contributed by atoms with Crippen LogP contribution in [0.15, 0.2) is 0 Å². The van der Waals surface area contributed by atoms with Crippen LogP contribution < -0.4 is 0 Å². The highest BCUT2D eigenvalue weighted by molar-refractivity contribution is 5.68. The zero-order valence-electron chi connectivity index (χ0n) is 11.8. The van der Waals surface area contributed by atoms with Crippen molar-refractivity contribution < 1.29 is 38.1 Å². The molecule has 0 saturated carbocycles. The van der Waals surface area contributed by atoms with Crippen molar-refractivity contribution >= 4 is 23.9 Å². The average molecular weight is 290 g/mol. The van der Waals surface area contributed by atoms with Gasteiger partial charge in [-0.1, -0.05) is 0 Å². The second-order valence-corrected chi connectivity index (χ2v) is 3.90. The Balaban J connectivity index is 4.83. The maximum Gasteiger partial charge on any atom is 0.303 e. The van der Waals surface area contributed by atoms with Gasteiger partial charge in [-0.3, -0.25) is 19.2 Å². The molecule has 0 unspecified atom stereocenters. The van der Waals surface area contributed by atoms with Gasteiger partial charge in [-0.15, -0.1) is 0 Å². The van der Waals surface area contributed by atoms with Gasteiger partial charge in [0, 0.05) is 27.7 Å². The Bertz CT molecular complexity index is 340. The van der Waals surface area contributed by atoms with Crippen molar-refractivity contribution in [2.24, 2.45) is 0 Å². The van der Waals surface area contributed by atoms with Gasteiger partial charge in [0.15, 0.2) is 12.2 Å². The number of carbonyl (C=O) groups excluding carboxylic acids is 4. The molecule has 0 heterocycles. The second kappa shape index (κ2) is 8.89. The summed E-state index contributed by atoms with van der Waals surface area (Å²) in [5, 5.41) is 0. The normalized spacial score (nSPS) is 12.8. The first-order valence-corrected chi connectivity index (χ1v) is 5.83. The van der Waals surface area contributed by atoms with E-state index in [0.29, 0.717) is 0 Å². The van der Waals surface area contributed by atoms with Gasteiger partial charge in [-0.25, -0.2) is 0 Å². The van der Waals surface area contributed by atoms with E-state index in [1.54, 1.807) is 0 Å². The summed E-state index contributed by atoms with van der Waals surface area (Å²) in [6.07, 6.45) is -2.11. The maximum absolute atomic E-state index is 11.0. The van der Waals surface area contributed by atoms with Gasteiger partial charge in [0.2, 0.25) is 0 Å². The molecule has 0 rings (SSSR count). The highest BCUT2D eigenvalue weighted by Crippen LogP contribution is 2.08. The third kappa shape index (κ3) is 8.90. The van der Waals surface area contributed by atoms with Gasteiger partial charge < -0.3 is 18.9 Å². The van der Waals surface area contributed by atoms with E-state index in [9.17, 15) is 19.2 Å². The lowest BCUT2D eigenvalue weighted by molar-refractivity contribution is -0.179. The summed E-state index contributed by atoms with van der Waals surface area (Å²) in [4.78, 5) is 43.6. The average Bonchev–Trinajstić information content (AvgIpc) is 2.28. The van der Waals surface area contributed by atoms with Crippen LogP contribution in [0.1, 0.15) is 27.7 Å². The third-order valence-electron chi connectivity index (χ3n) is 1.95. The molecule has 0 saturated heterocycles. The van der Waals surface area contributed by atoms with Gasteiger partial charge in [-0.05, 0) is 0 Å². The Kier molecular flexibility index (Phi) is 7.95. The first-order valence-electron chi connectivity index (χ1n) is 5.83. The Morgan fingerprint density at radius 1 is 0.650 bits per heavy atom. The van der Waals surface area contributed by atoms with Crippen molar-refractivity contribution in [3.05, 3.63) is 0 Å². The Labute approximate surface area is 116 Å². The third-order valence-corrected chi connectivity index (χ3v) is 1.95. The fourth-order valence-corrected chi connectivity index (χ4v) is 1.26. The number of carbonyl (C=O) groups is 4. The molecular weight excluding hydrogens is 272 g/mol. The lowest BCUT2D eigenvalue weighted by atomic mass is 10.2. The number of esters is 4. The molecule has 114 valence electrons. The number of rotatable bonds is 7. The molecule has 0 bridgehead atoms. The van der Waals surface area contributed by atoms with Gasteiger partial charge in [0.25, 0.3) is 0 Å². The molecule has 0 radical (unpaired) electrons.